The fraction of sp³-hybridized carbons (Fsp3) is 0.368. The predicted molar refractivity (Wildman–Crippen MR) is 105 cm³/mol. The quantitative estimate of drug-likeness (QED) is 0.579. The Morgan fingerprint density at radius 3 is 2.32 bits per heavy atom. The molecule has 0 bridgehead atoms. The van der Waals surface area contributed by atoms with Gasteiger partial charge in [-0.15, -0.1) is 0 Å². The molecule has 0 aliphatic heterocycles. The van der Waals surface area contributed by atoms with E-state index in [4.69, 9.17) is 11.6 Å². The van der Waals surface area contributed by atoms with Crippen LogP contribution in [0.4, 0.5) is 13.2 Å². The summed E-state index contributed by atoms with van der Waals surface area (Å²) >= 11 is 7.02. The van der Waals surface area contributed by atoms with Crippen molar-refractivity contribution < 1.29 is 18.0 Å². The zero-order chi connectivity index (χ0) is 20.7. The number of hydrogen-bond acceptors (Lipinski definition) is 4. The highest BCUT2D eigenvalue weighted by Gasteiger charge is 2.30. The Balaban J connectivity index is 1.99. The molecule has 0 radical (unpaired) electrons. The molecule has 9 heteroatoms. The minimum Gasteiger partial charge on any atom is -0.336 e. The van der Waals surface area contributed by atoms with Gasteiger partial charge in [-0.05, 0) is 43.9 Å². The number of thioether (sulfide) groups is 1. The van der Waals surface area contributed by atoms with Gasteiger partial charge in [-0.2, -0.15) is 13.2 Å². The third-order valence-corrected chi connectivity index (χ3v) is 5.04. The Kier molecular flexibility index (Phi) is 8.15. The number of amides is 1. The molecule has 0 fully saturated rings. The number of pyridine rings is 1. The van der Waals surface area contributed by atoms with Crippen molar-refractivity contribution in [3.8, 4) is 0 Å². The summed E-state index contributed by atoms with van der Waals surface area (Å²) in [4.78, 5) is 20.2. The smallest absolute Gasteiger partial charge is 0.336 e. The number of rotatable bonds is 8. The summed E-state index contributed by atoms with van der Waals surface area (Å²) in [5.41, 5.74) is 0.146. The molecule has 152 valence electrons. The summed E-state index contributed by atoms with van der Waals surface area (Å²) in [7, 11) is 3.84. The van der Waals surface area contributed by atoms with Crippen molar-refractivity contribution in [2.45, 2.75) is 17.7 Å². The monoisotopic (exact) mass is 431 g/mol. The van der Waals surface area contributed by atoms with Crippen molar-refractivity contribution in [1.29, 1.82) is 0 Å². The van der Waals surface area contributed by atoms with Crippen LogP contribution < -0.4 is 0 Å². The van der Waals surface area contributed by atoms with Gasteiger partial charge in [0, 0.05) is 30.9 Å². The fourth-order valence-electron chi connectivity index (χ4n) is 2.28. The largest absolute Gasteiger partial charge is 0.417 e. The molecule has 2 rings (SSSR count). The second-order valence-corrected chi connectivity index (χ2v) is 7.85. The lowest BCUT2D eigenvalue weighted by Crippen LogP contribution is -2.37. The summed E-state index contributed by atoms with van der Waals surface area (Å²) in [6.07, 6.45) is -3.64. The van der Waals surface area contributed by atoms with Crippen molar-refractivity contribution in [2.24, 2.45) is 0 Å². The zero-order valence-corrected chi connectivity index (χ0v) is 17.1. The maximum Gasteiger partial charge on any atom is 0.417 e. The van der Waals surface area contributed by atoms with Crippen LogP contribution in [0.2, 0.25) is 5.02 Å². The topological polar surface area (TPSA) is 36.4 Å². The maximum atomic E-state index is 12.7. The van der Waals surface area contributed by atoms with Crippen LogP contribution in [0.15, 0.2) is 47.6 Å². The predicted octanol–water partition coefficient (Wildman–Crippen LogP) is 4.44. The molecular weight excluding hydrogens is 411 g/mol. The van der Waals surface area contributed by atoms with Crippen LogP contribution in [-0.2, 0) is 17.5 Å². The van der Waals surface area contributed by atoms with Crippen molar-refractivity contribution in [2.75, 3.05) is 32.9 Å². The third kappa shape index (κ3) is 7.33. The highest BCUT2D eigenvalue weighted by molar-refractivity contribution is 7.99. The number of likely N-dealkylation sites (N-methyl/N-ethyl adjacent to an activating group) is 1. The molecule has 1 heterocycles. The van der Waals surface area contributed by atoms with Gasteiger partial charge in [0.1, 0.15) is 0 Å². The van der Waals surface area contributed by atoms with Crippen LogP contribution in [0.1, 0.15) is 11.1 Å². The van der Waals surface area contributed by atoms with E-state index in [9.17, 15) is 18.0 Å². The highest BCUT2D eigenvalue weighted by Crippen LogP contribution is 2.29. The van der Waals surface area contributed by atoms with Crippen LogP contribution in [0, 0.1) is 0 Å². The Morgan fingerprint density at radius 2 is 1.79 bits per heavy atom. The number of nitrogens with zero attached hydrogens (tertiary/aromatic N) is 3. The van der Waals surface area contributed by atoms with Gasteiger partial charge in [-0.25, -0.2) is 4.98 Å². The second kappa shape index (κ2) is 10.1. The van der Waals surface area contributed by atoms with E-state index in [2.05, 4.69) is 4.98 Å². The molecule has 0 saturated carbocycles. The number of alkyl halides is 3. The molecule has 1 aromatic heterocycles. The molecule has 0 aliphatic rings. The average Bonchev–Trinajstić information content (AvgIpc) is 2.64. The van der Waals surface area contributed by atoms with Gasteiger partial charge in [-0.3, -0.25) is 4.79 Å². The van der Waals surface area contributed by atoms with Gasteiger partial charge in [-0.1, -0.05) is 35.5 Å². The van der Waals surface area contributed by atoms with E-state index in [1.54, 1.807) is 17.0 Å². The highest BCUT2D eigenvalue weighted by atomic mass is 35.5. The number of carbonyl (C=O) groups excluding carboxylic acids is 1. The first-order valence-electron chi connectivity index (χ1n) is 8.48. The SMILES string of the molecule is CN(C)CCN(Cc1ccc(Cl)cc1)C(=O)CSc1ccc(C(F)(F)F)cn1. The third-order valence-electron chi connectivity index (χ3n) is 3.86. The molecule has 0 unspecified atom stereocenters. The van der Waals surface area contributed by atoms with Crippen LogP contribution in [-0.4, -0.2) is 53.6 Å². The lowest BCUT2D eigenvalue weighted by Gasteiger charge is -2.24. The number of aromatic nitrogens is 1. The molecule has 1 aromatic carbocycles. The first-order valence-corrected chi connectivity index (χ1v) is 9.84. The van der Waals surface area contributed by atoms with E-state index < -0.39 is 11.7 Å². The molecule has 0 N–H and O–H groups in total. The van der Waals surface area contributed by atoms with Gasteiger partial charge in [0.05, 0.1) is 16.3 Å². The summed E-state index contributed by atoms with van der Waals surface area (Å²) in [5.74, 6) is -0.0113. The molecular formula is C19H21ClF3N3OS. The molecule has 0 saturated heterocycles. The first kappa shape index (κ1) is 22.5. The standard InChI is InChI=1S/C19H21ClF3N3OS/c1-25(2)9-10-26(12-14-3-6-16(20)7-4-14)18(27)13-28-17-8-5-15(11-24-17)19(21,22)23/h3-8,11H,9-10,12-13H2,1-2H3. The number of halogens is 4. The van der Waals surface area contributed by atoms with Crippen molar-refractivity contribution in [3.63, 3.8) is 0 Å². The minimum absolute atomic E-state index is 0.0966. The van der Waals surface area contributed by atoms with Gasteiger partial charge in [0.15, 0.2) is 0 Å². The van der Waals surface area contributed by atoms with Crippen LogP contribution >= 0.6 is 23.4 Å². The average molecular weight is 432 g/mol. The number of benzene rings is 1. The number of carbonyl (C=O) groups is 1. The number of hydrogen-bond donors (Lipinski definition) is 0. The molecule has 0 aliphatic carbocycles. The summed E-state index contributed by atoms with van der Waals surface area (Å²) in [5, 5.41) is 0.999. The Labute approximate surface area is 171 Å². The Bertz CT molecular complexity index is 767. The molecule has 1 amide bonds. The van der Waals surface area contributed by atoms with Crippen LogP contribution in [0.25, 0.3) is 0 Å². The van der Waals surface area contributed by atoms with E-state index in [1.807, 2.05) is 31.1 Å². The summed E-state index contributed by atoms with van der Waals surface area (Å²) < 4.78 is 37.8. The zero-order valence-electron chi connectivity index (χ0n) is 15.5. The second-order valence-electron chi connectivity index (χ2n) is 6.42. The molecule has 0 atom stereocenters. The van der Waals surface area contributed by atoms with Crippen LogP contribution in [0.3, 0.4) is 0 Å². The van der Waals surface area contributed by atoms with Crippen molar-refractivity contribution in [3.05, 3.63) is 58.7 Å². The van der Waals surface area contributed by atoms with Crippen molar-refractivity contribution in [1.82, 2.24) is 14.8 Å². The lowest BCUT2D eigenvalue weighted by molar-refractivity contribution is -0.138. The lowest BCUT2D eigenvalue weighted by atomic mass is 10.2. The van der Waals surface area contributed by atoms with E-state index in [1.165, 1.54) is 6.07 Å². The Hall–Kier alpha value is -1.77. The first-order chi connectivity index (χ1) is 13.1. The molecule has 2 aromatic rings. The molecule has 4 nitrogen and oxygen atoms in total. The van der Waals surface area contributed by atoms with Gasteiger partial charge in [0.25, 0.3) is 0 Å². The van der Waals surface area contributed by atoms with E-state index in [0.29, 0.717) is 29.7 Å². The molecule has 28 heavy (non-hydrogen) atoms. The van der Waals surface area contributed by atoms with Crippen molar-refractivity contribution >= 4 is 29.3 Å². The normalized spacial score (nSPS) is 11.7. The maximum absolute atomic E-state index is 12.7. The van der Waals surface area contributed by atoms with Crippen LogP contribution in [0.5, 0.6) is 0 Å². The Morgan fingerprint density at radius 1 is 1.11 bits per heavy atom. The van der Waals surface area contributed by atoms with Gasteiger partial charge in [0.2, 0.25) is 5.91 Å². The minimum atomic E-state index is -4.42. The molecule has 0 spiro atoms. The van der Waals surface area contributed by atoms with Gasteiger partial charge >= 0.3 is 6.18 Å². The fourth-order valence-corrected chi connectivity index (χ4v) is 3.15. The van der Waals surface area contributed by atoms with E-state index >= 15 is 0 Å². The van der Waals surface area contributed by atoms with E-state index in [0.717, 1.165) is 29.6 Å². The van der Waals surface area contributed by atoms with E-state index in [-0.39, 0.29) is 11.7 Å². The summed E-state index contributed by atoms with van der Waals surface area (Å²) in [6.45, 7) is 1.67. The summed E-state index contributed by atoms with van der Waals surface area (Å²) in [6, 6.07) is 9.52. The van der Waals surface area contributed by atoms with Gasteiger partial charge < -0.3 is 9.80 Å².